The molecule has 2 N–H and O–H groups in total. The molecule has 0 bridgehead atoms. The highest BCUT2D eigenvalue weighted by Crippen LogP contribution is 2.44. The summed E-state index contributed by atoms with van der Waals surface area (Å²) < 4.78 is 1.74. The molecule has 186 valence electrons. The molecular formula is C26H36N8O. The van der Waals surface area contributed by atoms with Gasteiger partial charge in [0, 0.05) is 57.2 Å². The maximum absolute atomic E-state index is 12.6. The molecular weight excluding hydrogens is 440 g/mol. The molecule has 2 aliphatic rings. The SMILES string of the molecule is C=N/C(=N\C1=C(C)CC(C)(C)c2c(C(=O)NC)nn(C)c21)Nc1ccc(N2CCN(C)CC2)cc1. The lowest BCUT2D eigenvalue weighted by Gasteiger charge is -2.34. The van der Waals surface area contributed by atoms with Crippen molar-refractivity contribution in [1.29, 1.82) is 0 Å². The third-order valence-electron chi connectivity index (χ3n) is 6.86. The van der Waals surface area contributed by atoms with Crippen LogP contribution in [0.2, 0.25) is 0 Å². The molecule has 1 aliphatic carbocycles. The van der Waals surface area contributed by atoms with E-state index in [4.69, 9.17) is 4.99 Å². The summed E-state index contributed by atoms with van der Waals surface area (Å²) in [6, 6.07) is 8.32. The Hall–Kier alpha value is -3.46. The minimum Gasteiger partial charge on any atom is -0.369 e. The number of rotatable bonds is 4. The number of aliphatic imine (C=N–C) groups is 2. The molecule has 2 heterocycles. The van der Waals surface area contributed by atoms with Crippen molar-refractivity contribution in [1.82, 2.24) is 20.0 Å². The van der Waals surface area contributed by atoms with Crippen LogP contribution in [0.3, 0.4) is 0 Å². The largest absolute Gasteiger partial charge is 0.369 e. The van der Waals surface area contributed by atoms with E-state index in [1.54, 1.807) is 11.7 Å². The molecule has 9 heteroatoms. The fraction of sp³-hybridized carbons (Fsp3) is 0.462. The number of nitrogens with zero attached hydrogens (tertiary/aromatic N) is 6. The summed E-state index contributed by atoms with van der Waals surface area (Å²) >= 11 is 0. The number of aromatic nitrogens is 2. The number of piperazine rings is 1. The second kappa shape index (κ2) is 9.65. The summed E-state index contributed by atoms with van der Waals surface area (Å²) in [7, 11) is 5.63. The summed E-state index contributed by atoms with van der Waals surface area (Å²) in [6.07, 6.45) is 0.763. The Kier molecular flexibility index (Phi) is 6.80. The Bertz CT molecular complexity index is 1180. The normalized spacial score (nSPS) is 18.3. The van der Waals surface area contributed by atoms with Crippen molar-refractivity contribution >= 4 is 35.7 Å². The van der Waals surface area contributed by atoms with Crippen molar-refractivity contribution in [3.63, 3.8) is 0 Å². The van der Waals surface area contributed by atoms with Crippen molar-refractivity contribution in [2.75, 3.05) is 50.5 Å². The number of aryl methyl sites for hydroxylation is 1. The van der Waals surface area contributed by atoms with Gasteiger partial charge in [-0.1, -0.05) is 13.8 Å². The lowest BCUT2D eigenvalue weighted by atomic mass is 9.73. The van der Waals surface area contributed by atoms with Crippen LogP contribution in [-0.4, -0.2) is 73.5 Å². The first kappa shape index (κ1) is 24.7. The van der Waals surface area contributed by atoms with E-state index < -0.39 is 0 Å². The maximum atomic E-state index is 12.6. The molecule has 9 nitrogen and oxygen atoms in total. The van der Waals surface area contributed by atoms with E-state index in [1.165, 1.54) is 5.69 Å². The molecule has 1 amide bonds. The monoisotopic (exact) mass is 476 g/mol. The fourth-order valence-electron chi connectivity index (χ4n) is 5.06. The molecule has 2 aromatic rings. The topological polar surface area (TPSA) is 90.2 Å². The van der Waals surface area contributed by atoms with Crippen LogP contribution in [0.25, 0.3) is 5.70 Å². The van der Waals surface area contributed by atoms with E-state index in [-0.39, 0.29) is 11.3 Å². The first-order chi connectivity index (χ1) is 16.6. The molecule has 4 rings (SSSR count). The number of hydrogen-bond acceptors (Lipinski definition) is 5. The number of hydrogen-bond donors (Lipinski definition) is 2. The molecule has 1 fully saturated rings. The third-order valence-corrected chi connectivity index (χ3v) is 6.86. The lowest BCUT2D eigenvalue weighted by molar-refractivity contribution is 0.0955. The molecule has 0 saturated carbocycles. The van der Waals surface area contributed by atoms with Gasteiger partial charge in [0.1, 0.15) is 0 Å². The van der Waals surface area contributed by atoms with E-state index in [0.29, 0.717) is 11.7 Å². The van der Waals surface area contributed by atoms with Gasteiger partial charge in [0.25, 0.3) is 5.91 Å². The zero-order valence-corrected chi connectivity index (χ0v) is 21.6. The molecule has 0 atom stereocenters. The summed E-state index contributed by atoms with van der Waals surface area (Å²) in [5, 5.41) is 10.6. The molecule has 1 saturated heterocycles. The van der Waals surface area contributed by atoms with Crippen LogP contribution in [0.1, 0.15) is 48.9 Å². The van der Waals surface area contributed by atoms with Crippen molar-refractivity contribution < 1.29 is 4.79 Å². The Labute approximate surface area is 207 Å². The quantitative estimate of drug-likeness (QED) is 0.523. The Morgan fingerprint density at radius 2 is 1.77 bits per heavy atom. The number of amides is 1. The highest BCUT2D eigenvalue weighted by Gasteiger charge is 2.39. The van der Waals surface area contributed by atoms with Crippen molar-refractivity contribution in [3.8, 4) is 0 Å². The minimum absolute atomic E-state index is 0.196. The second-order valence-corrected chi connectivity index (χ2v) is 10.0. The van der Waals surface area contributed by atoms with E-state index in [2.05, 4.69) is 77.2 Å². The van der Waals surface area contributed by atoms with Gasteiger partial charge in [-0.25, -0.2) is 9.98 Å². The molecule has 1 aromatic carbocycles. The number of fused-ring (bicyclic) bond motifs is 1. The van der Waals surface area contributed by atoms with Gasteiger partial charge in [-0.15, -0.1) is 0 Å². The first-order valence-electron chi connectivity index (χ1n) is 12.0. The summed E-state index contributed by atoms with van der Waals surface area (Å²) in [4.78, 5) is 26.3. The van der Waals surface area contributed by atoms with Crippen LogP contribution in [0.15, 0.2) is 39.8 Å². The molecule has 1 aromatic heterocycles. The highest BCUT2D eigenvalue weighted by molar-refractivity contribution is 6.01. The van der Waals surface area contributed by atoms with E-state index in [0.717, 1.165) is 60.8 Å². The van der Waals surface area contributed by atoms with E-state index in [1.807, 2.05) is 19.2 Å². The predicted molar refractivity (Wildman–Crippen MR) is 144 cm³/mol. The molecule has 0 unspecified atom stereocenters. The van der Waals surface area contributed by atoms with Gasteiger partial charge in [-0.3, -0.25) is 9.48 Å². The molecule has 0 spiro atoms. The third kappa shape index (κ3) is 4.86. The lowest BCUT2D eigenvalue weighted by Crippen LogP contribution is -2.44. The average molecular weight is 477 g/mol. The van der Waals surface area contributed by atoms with E-state index >= 15 is 0 Å². The number of guanidine groups is 1. The van der Waals surface area contributed by atoms with Crippen LogP contribution in [0.5, 0.6) is 0 Å². The van der Waals surface area contributed by atoms with Gasteiger partial charge in [0.15, 0.2) is 5.69 Å². The smallest absolute Gasteiger partial charge is 0.271 e. The van der Waals surface area contributed by atoms with Crippen molar-refractivity contribution in [2.24, 2.45) is 17.0 Å². The molecule has 35 heavy (non-hydrogen) atoms. The van der Waals surface area contributed by atoms with Crippen LogP contribution < -0.4 is 15.5 Å². The summed E-state index contributed by atoms with van der Waals surface area (Å²) in [6.45, 7) is 14.3. The van der Waals surface area contributed by atoms with Crippen LogP contribution in [-0.2, 0) is 12.5 Å². The zero-order chi connectivity index (χ0) is 25.3. The van der Waals surface area contributed by atoms with E-state index in [9.17, 15) is 4.79 Å². The van der Waals surface area contributed by atoms with Crippen LogP contribution in [0, 0.1) is 0 Å². The van der Waals surface area contributed by atoms with Crippen molar-refractivity contribution in [3.05, 3.63) is 46.8 Å². The van der Waals surface area contributed by atoms with Crippen LogP contribution >= 0.6 is 0 Å². The molecule has 1 aliphatic heterocycles. The van der Waals surface area contributed by atoms with Gasteiger partial charge >= 0.3 is 0 Å². The average Bonchev–Trinajstić information content (AvgIpc) is 3.19. The Morgan fingerprint density at radius 1 is 1.11 bits per heavy atom. The number of benzene rings is 1. The maximum Gasteiger partial charge on any atom is 0.271 e. The predicted octanol–water partition coefficient (Wildman–Crippen LogP) is 3.11. The van der Waals surface area contributed by atoms with Gasteiger partial charge < -0.3 is 20.4 Å². The molecule has 0 radical (unpaired) electrons. The number of carbonyl (C=O) groups excluding carboxylic acids is 1. The number of likely N-dealkylation sites (N-methyl/N-ethyl adjacent to an activating group) is 1. The van der Waals surface area contributed by atoms with Gasteiger partial charge in [-0.05, 0) is 62.4 Å². The first-order valence-corrected chi connectivity index (χ1v) is 12.0. The van der Waals surface area contributed by atoms with Gasteiger partial charge in [0.2, 0.25) is 5.96 Å². The Balaban J connectivity index is 1.63. The number of nitrogens with one attached hydrogen (secondary N) is 2. The van der Waals surface area contributed by atoms with Gasteiger partial charge in [0.05, 0.1) is 11.4 Å². The standard InChI is InChI=1S/C26H36N8O/c1-17-16-26(2,3)20-22(24(35)27-4)31-33(7)23(20)21(17)30-25(28-5)29-18-8-10-19(11-9-18)34-14-12-32(6)13-15-34/h8-11H,5,12-16H2,1-4,6-7H3,(H,27,35)(H,29,30). The number of carbonyl (C=O) groups is 1. The fourth-order valence-corrected chi connectivity index (χ4v) is 5.06. The number of anilines is 2. The second-order valence-electron chi connectivity index (χ2n) is 10.0. The summed E-state index contributed by atoms with van der Waals surface area (Å²) in [5.74, 6) is 0.207. The van der Waals surface area contributed by atoms with Crippen molar-refractivity contribution in [2.45, 2.75) is 32.6 Å². The Morgan fingerprint density at radius 3 is 2.37 bits per heavy atom. The number of allylic oxidation sites excluding steroid dienone is 1. The van der Waals surface area contributed by atoms with Gasteiger partial charge in [-0.2, -0.15) is 5.10 Å². The van der Waals surface area contributed by atoms with Crippen LogP contribution in [0.4, 0.5) is 11.4 Å². The minimum atomic E-state index is -0.247. The highest BCUT2D eigenvalue weighted by atomic mass is 16.1. The zero-order valence-electron chi connectivity index (χ0n) is 21.6. The summed E-state index contributed by atoms with van der Waals surface area (Å²) in [5.41, 5.74) is 5.92.